The zero-order valence-electron chi connectivity index (χ0n) is 9.33. The maximum absolute atomic E-state index is 9.68. The molecule has 0 spiro atoms. The van der Waals surface area contributed by atoms with Crippen LogP contribution in [0.1, 0.15) is 5.56 Å². The molecule has 0 aliphatic carbocycles. The Morgan fingerprint density at radius 2 is 2.00 bits per heavy atom. The Balaban J connectivity index is 2.97. The van der Waals surface area contributed by atoms with E-state index in [2.05, 4.69) is 5.32 Å². The average Bonchev–Trinajstić information content (AvgIpc) is 2.25. The zero-order valence-corrected chi connectivity index (χ0v) is 9.33. The smallest absolute Gasteiger partial charge is 0.203 e. The minimum Gasteiger partial charge on any atom is -0.504 e. The third-order valence-corrected chi connectivity index (χ3v) is 2.18. The molecule has 0 aromatic heterocycles. The van der Waals surface area contributed by atoms with Crippen molar-refractivity contribution in [2.75, 3.05) is 27.8 Å². The van der Waals surface area contributed by atoms with Crippen LogP contribution in [-0.2, 0) is 6.42 Å². The number of ether oxygens (including phenoxy) is 2. The highest BCUT2D eigenvalue weighted by atomic mass is 16.5. The van der Waals surface area contributed by atoms with Gasteiger partial charge in [0, 0.05) is 0 Å². The molecule has 0 saturated carbocycles. The van der Waals surface area contributed by atoms with Crippen LogP contribution >= 0.6 is 0 Å². The molecule has 0 unspecified atom stereocenters. The largest absolute Gasteiger partial charge is 0.504 e. The highest BCUT2D eigenvalue weighted by molar-refractivity contribution is 5.53. The van der Waals surface area contributed by atoms with Crippen LogP contribution in [-0.4, -0.2) is 32.9 Å². The molecule has 1 aromatic rings. The van der Waals surface area contributed by atoms with Gasteiger partial charge in [0.05, 0.1) is 14.2 Å². The first-order valence-electron chi connectivity index (χ1n) is 4.81. The Hall–Kier alpha value is -1.42. The molecule has 0 radical (unpaired) electrons. The van der Waals surface area contributed by atoms with Gasteiger partial charge >= 0.3 is 0 Å². The second-order valence-electron chi connectivity index (χ2n) is 3.20. The third-order valence-electron chi connectivity index (χ3n) is 2.18. The number of phenolic OH excluding ortho intramolecular Hbond substituents is 1. The minimum absolute atomic E-state index is 0.114. The van der Waals surface area contributed by atoms with Crippen molar-refractivity contribution in [3.8, 4) is 17.2 Å². The van der Waals surface area contributed by atoms with Crippen molar-refractivity contribution >= 4 is 0 Å². The Bertz CT molecular complexity index is 326. The highest BCUT2D eigenvalue weighted by Crippen LogP contribution is 2.37. The Kier molecular flexibility index (Phi) is 4.24. The maximum Gasteiger partial charge on any atom is 0.203 e. The molecular formula is C11H17NO3. The van der Waals surface area contributed by atoms with E-state index in [1.165, 1.54) is 7.11 Å². The molecule has 0 amide bonds. The predicted molar refractivity (Wildman–Crippen MR) is 58.8 cm³/mol. The van der Waals surface area contributed by atoms with Crippen molar-refractivity contribution in [3.63, 3.8) is 0 Å². The molecule has 0 aliphatic rings. The van der Waals surface area contributed by atoms with Gasteiger partial charge in [0.1, 0.15) is 0 Å². The lowest BCUT2D eigenvalue weighted by atomic mass is 10.1. The summed E-state index contributed by atoms with van der Waals surface area (Å²) >= 11 is 0. The van der Waals surface area contributed by atoms with Crippen LogP contribution in [0.15, 0.2) is 12.1 Å². The average molecular weight is 211 g/mol. The number of nitrogens with one attached hydrogen (secondary N) is 1. The van der Waals surface area contributed by atoms with E-state index in [4.69, 9.17) is 9.47 Å². The molecule has 0 bridgehead atoms. The van der Waals surface area contributed by atoms with Crippen molar-refractivity contribution in [2.24, 2.45) is 0 Å². The lowest BCUT2D eigenvalue weighted by Gasteiger charge is -2.11. The number of likely N-dealkylation sites (N-methyl/N-ethyl adjacent to an activating group) is 1. The van der Waals surface area contributed by atoms with Gasteiger partial charge in [-0.1, -0.05) is 0 Å². The molecule has 0 fully saturated rings. The topological polar surface area (TPSA) is 50.7 Å². The van der Waals surface area contributed by atoms with Crippen LogP contribution in [0, 0.1) is 0 Å². The first kappa shape index (κ1) is 11.7. The molecule has 0 heterocycles. The Labute approximate surface area is 89.8 Å². The van der Waals surface area contributed by atoms with Crippen LogP contribution in [0.2, 0.25) is 0 Å². The number of phenols is 1. The third kappa shape index (κ3) is 2.76. The van der Waals surface area contributed by atoms with E-state index < -0.39 is 0 Å². The summed E-state index contributed by atoms with van der Waals surface area (Å²) < 4.78 is 10.2. The van der Waals surface area contributed by atoms with Gasteiger partial charge in [0.25, 0.3) is 0 Å². The molecule has 15 heavy (non-hydrogen) atoms. The number of benzene rings is 1. The summed E-state index contributed by atoms with van der Waals surface area (Å²) in [5.41, 5.74) is 1.01. The standard InChI is InChI=1S/C11H17NO3/c1-12-5-4-8-6-9(13)11(15-3)10(7-8)14-2/h6-7,12-13H,4-5H2,1-3H3. The number of methoxy groups -OCH3 is 2. The fourth-order valence-corrected chi connectivity index (χ4v) is 1.41. The van der Waals surface area contributed by atoms with Gasteiger partial charge in [-0.25, -0.2) is 0 Å². The Morgan fingerprint density at radius 3 is 2.53 bits per heavy atom. The fraction of sp³-hybridized carbons (Fsp3) is 0.455. The van der Waals surface area contributed by atoms with E-state index in [1.807, 2.05) is 13.1 Å². The van der Waals surface area contributed by atoms with E-state index in [0.717, 1.165) is 18.5 Å². The molecule has 2 N–H and O–H groups in total. The van der Waals surface area contributed by atoms with Crippen LogP contribution in [0.4, 0.5) is 0 Å². The number of hydrogen-bond donors (Lipinski definition) is 2. The summed E-state index contributed by atoms with van der Waals surface area (Å²) in [7, 11) is 4.95. The summed E-state index contributed by atoms with van der Waals surface area (Å²) in [5.74, 6) is 1.05. The van der Waals surface area contributed by atoms with Crippen LogP contribution in [0.5, 0.6) is 17.2 Å². The van der Waals surface area contributed by atoms with E-state index in [1.54, 1.807) is 13.2 Å². The molecule has 1 aromatic carbocycles. The van der Waals surface area contributed by atoms with Gasteiger partial charge < -0.3 is 19.9 Å². The van der Waals surface area contributed by atoms with Crippen LogP contribution in [0.25, 0.3) is 0 Å². The SMILES string of the molecule is CNCCc1cc(O)c(OC)c(OC)c1. The second kappa shape index (κ2) is 5.46. The van der Waals surface area contributed by atoms with Gasteiger partial charge in [-0.2, -0.15) is 0 Å². The van der Waals surface area contributed by atoms with Crippen molar-refractivity contribution in [1.29, 1.82) is 0 Å². The number of hydrogen-bond acceptors (Lipinski definition) is 4. The summed E-state index contributed by atoms with van der Waals surface area (Å²) in [5, 5.41) is 12.7. The normalized spacial score (nSPS) is 10.1. The molecule has 4 heteroatoms. The van der Waals surface area contributed by atoms with E-state index >= 15 is 0 Å². The number of aromatic hydroxyl groups is 1. The molecule has 84 valence electrons. The summed E-state index contributed by atoms with van der Waals surface area (Å²) in [6, 6.07) is 3.56. The van der Waals surface area contributed by atoms with Crippen molar-refractivity contribution < 1.29 is 14.6 Å². The zero-order chi connectivity index (χ0) is 11.3. The maximum atomic E-state index is 9.68. The van der Waals surface area contributed by atoms with Gasteiger partial charge in [-0.15, -0.1) is 0 Å². The van der Waals surface area contributed by atoms with Crippen molar-refractivity contribution in [3.05, 3.63) is 17.7 Å². The van der Waals surface area contributed by atoms with E-state index in [0.29, 0.717) is 11.5 Å². The van der Waals surface area contributed by atoms with Gasteiger partial charge in [0.2, 0.25) is 5.75 Å². The van der Waals surface area contributed by atoms with Crippen molar-refractivity contribution in [2.45, 2.75) is 6.42 Å². The fourth-order valence-electron chi connectivity index (χ4n) is 1.41. The first-order valence-corrected chi connectivity index (χ1v) is 4.81. The van der Waals surface area contributed by atoms with E-state index in [-0.39, 0.29) is 5.75 Å². The molecule has 4 nitrogen and oxygen atoms in total. The monoisotopic (exact) mass is 211 g/mol. The minimum atomic E-state index is 0.114. The molecule has 0 saturated heterocycles. The molecule has 1 rings (SSSR count). The lowest BCUT2D eigenvalue weighted by Crippen LogP contribution is -2.10. The van der Waals surface area contributed by atoms with Crippen molar-refractivity contribution in [1.82, 2.24) is 5.32 Å². The Morgan fingerprint density at radius 1 is 1.27 bits per heavy atom. The second-order valence-corrected chi connectivity index (χ2v) is 3.20. The summed E-state index contributed by atoms with van der Waals surface area (Å²) in [4.78, 5) is 0. The summed E-state index contributed by atoms with van der Waals surface area (Å²) in [6.45, 7) is 0.856. The quantitative estimate of drug-likeness (QED) is 0.767. The van der Waals surface area contributed by atoms with Crippen LogP contribution < -0.4 is 14.8 Å². The number of rotatable bonds is 5. The highest BCUT2D eigenvalue weighted by Gasteiger charge is 2.10. The molecule has 0 atom stereocenters. The summed E-state index contributed by atoms with van der Waals surface area (Å²) in [6.07, 6.45) is 0.838. The van der Waals surface area contributed by atoms with Gasteiger partial charge in [-0.05, 0) is 37.7 Å². The van der Waals surface area contributed by atoms with Gasteiger partial charge in [-0.3, -0.25) is 0 Å². The first-order chi connectivity index (χ1) is 7.22. The molecule has 0 aliphatic heterocycles. The van der Waals surface area contributed by atoms with Crippen LogP contribution in [0.3, 0.4) is 0 Å². The molecular weight excluding hydrogens is 194 g/mol. The van der Waals surface area contributed by atoms with E-state index in [9.17, 15) is 5.11 Å². The predicted octanol–water partition coefficient (Wildman–Crippen LogP) is 1.17. The lowest BCUT2D eigenvalue weighted by molar-refractivity contribution is 0.332. The van der Waals surface area contributed by atoms with Gasteiger partial charge in [0.15, 0.2) is 11.5 Å².